The van der Waals surface area contributed by atoms with Gasteiger partial charge in [0.15, 0.2) is 0 Å². The molecule has 7 nitrogen and oxygen atoms in total. The van der Waals surface area contributed by atoms with Crippen molar-refractivity contribution in [1.29, 1.82) is 0 Å². The van der Waals surface area contributed by atoms with Crippen LogP contribution in [-0.2, 0) is 17.6 Å². The fourth-order valence-electron chi connectivity index (χ4n) is 3.79. The molecule has 3 N–H and O–H groups in total. The van der Waals surface area contributed by atoms with Crippen LogP contribution in [0.2, 0.25) is 0 Å². The van der Waals surface area contributed by atoms with Crippen LogP contribution in [-0.4, -0.2) is 35.1 Å². The van der Waals surface area contributed by atoms with E-state index in [4.69, 9.17) is 5.73 Å². The van der Waals surface area contributed by atoms with Crippen LogP contribution in [0.25, 0.3) is 0 Å². The van der Waals surface area contributed by atoms with Crippen LogP contribution >= 0.6 is 11.3 Å². The molecular formula is C20H19N3O4S. The summed E-state index contributed by atoms with van der Waals surface area (Å²) in [5, 5.41) is 3.09. The molecule has 1 unspecified atom stereocenters. The van der Waals surface area contributed by atoms with Crippen LogP contribution in [0.1, 0.15) is 54.9 Å². The number of carbonyl (C=O) groups is 4. The minimum Gasteiger partial charge on any atom is -0.365 e. The number of nitrogens with zero attached hydrogens (tertiary/aromatic N) is 1. The summed E-state index contributed by atoms with van der Waals surface area (Å²) in [4.78, 5) is 51.3. The lowest BCUT2D eigenvalue weighted by atomic mass is 9.88. The van der Waals surface area contributed by atoms with Crippen LogP contribution < -0.4 is 11.1 Å². The van der Waals surface area contributed by atoms with Gasteiger partial charge in [-0.05, 0) is 42.9 Å². The standard InChI is InChI=1S/C20H19N3O4S/c1-10-6-7-13-14(8-10)28-18(16(13)17(21)25)22-15(24)9-23-19(26)11-4-2-3-5-12(11)20(23)27/h2-5,10H,6-9H2,1H3,(H2,21,25)(H,22,24). The third-order valence-electron chi connectivity index (χ3n) is 5.19. The fourth-order valence-corrected chi connectivity index (χ4v) is 5.22. The Hall–Kier alpha value is -3.00. The van der Waals surface area contributed by atoms with Gasteiger partial charge in [0, 0.05) is 4.88 Å². The third-order valence-corrected chi connectivity index (χ3v) is 6.36. The topological polar surface area (TPSA) is 110 Å². The fraction of sp³-hybridized carbons (Fsp3) is 0.300. The Kier molecular flexibility index (Phi) is 4.50. The molecule has 28 heavy (non-hydrogen) atoms. The van der Waals surface area contributed by atoms with Gasteiger partial charge in [-0.3, -0.25) is 24.1 Å². The molecule has 0 radical (unpaired) electrons. The van der Waals surface area contributed by atoms with E-state index in [1.165, 1.54) is 11.3 Å². The molecule has 1 aliphatic heterocycles. The highest BCUT2D eigenvalue weighted by atomic mass is 32.1. The van der Waals surface area contributed by atoms with E-state index in [0.29, 0.717) is 27.6 Å². The highest BCUT2D eigenvalue weighted by Crippen LogP contribution is 2.39. The Balaban J connectivity index is 1.55. The van der Waals surface area contributed by atoms with Gasteiger partial charge in [-0.2, -0.15) is 0 Å². The number of thiophene rings is 1. The van der Waals surface area contributed by atoms with E-state index in [1.807, 2.05) is 0 Å². The monoisotopic (exact) mass is 397 g/mol. The highest BCUT2D eigenvalue weighted by molar-refractivity contribution is 7.17. The zero-order chi connectivity index (χ0) is 20.0. The van der Waals surface area contributed by atoms with Gasteiger partial charge in [-0.1, -0.05) is 19.1 Å². The van der Waals surface area contributed by atoms with Gasteiger partial charge in [0.1, 0.15) is 11.5 Å². The first-order valence-electron chi connectivity index (χ1n) is 9.06. The number of nitrogens with one attached hydrogen (secondary N) is 1. The second-order valence-corrected chi connectivity index (χ2v) is 8.32. The van der Waals surface area contributed by atoms with E-state index >= 15 is 0 Å². The number of anilines is 1. The summed E-state index contributed by atoms with van der Waals surface area (Å²) in [5.74, 6) is -1.60. The molecule has 4 rings (SSSR count). The Labute approximate surface area is 165 Å². The molecular weight excluding hydrogens is 378 g/mol. The number of primary amides is 1. The van der Waals surface area contributed by atoms with Crippen molar-refractivity contribution in [1.82, 2.24) is 4.90 Å². The smallest absolute Gasteiger partial charge is 0.262 e. The molecule has 1 aromatic carbocycles. The van der Waals surface area contributed by atoms with Gasteiger partial charge < -0.3 is 11.1 Å². The van der Waals surface area contributed by atoms with Gasteiger partial charge in [0.05, 0.1) is 16.7 Å². The maximum absolute atomic E-state index is 12.6. The van der Waals surface area contributed by atoms with Crippen molar-refractivity contribution >= 4 is 40.0 Å². The average molecular weight is 397 g/mol. The summed E-state index contributed by atoms with van der Waals surface area (Å²) in [6, 6.07) is 6.47. The number of fused-ring (bicyclic) bond motifs is 2. The largest absolute Gasteiger partial charge is 0.365 e. The summed E-state index contributed by atoms with van der Waals surface area (Å²) < 4.78 is 0. The van der Waals surface area contributed by atoms with E-state index in [1.54, 1.807) is 24.3 Å². The highest BCUT2D eigenvalue weighted by Gasteiger charge is 2.36. The predicted molar refractivity (Wildman–Crippen MR) is 104 cm³/mol. The number of hydrogen-bond donors (Lipinski definition) is 2. The van der Waals surface area contributed by atoms with Crippen molar-refractivity contribution in [3.05, 3.63) is 51.4 Å². The minimum absolute atomic E-state index is 0.290. The number of hydrogen-bond acceptors (Lipinski definition) is 5. The van der Waals surface area contributed by atoms with Crippen molar-refractivity contribution in [3.8, 4) is 0 Å². The zero-order valence-corrected chi connectivity index (χ0v) is 16.1. The Morgan fingerprint density at radius 3 is 2.46 bits per heavy atom. The zero-order valence-electron chi connectivity index (χ0n) is 15.3. The molecule has 0 bridgehead atoms. The lowest BCUT2D eigenvalue weighted by Crippen LogP contribution is -2.37. The van der Waals surface area contributed by atoms with Crippen molar-refractivity contribution in [3.63, 3.8) is 0 Å². The van der Waals surface area contributed by atoms with E-state index in [9.17, 15) is 19.2 Å². The Morgan fingerprint density at radius 2 is 1.86 bits per heavy atom. The van der Waals surface area contributed by atoms with E-state index < -0.39 is 30.2 Å². The quantitative estimate of drug-likeness (QED) is 0.771. The summed E-state index contributed by atoms with van der Waals surface area (Å²) in [6.45, 7) is 1.73. The summed E-state index contributed by atoms with van der Waals surface area (Å²) in [6.07, 6.45) is 2.56. The predicted octanol–water partition coefficient (Wildman–Crippen LogP) is 2.21. The Bertz CT molecular complexity index is 991. The van der Waals surface area contributed by atoms with Gasteiger partial charge in [-0.25, -0.2) is 0 Å². The summed E-state index contributed by atoms with van der Waals surface area (Å²) in [7, 11) is 0. The molecule has 2 heterocycles. The minimum atomic E-state index is -0.580. The number of nitrogens with two attached hydrogens (primary N) is 1. The molecule has 0 fully saturated rings. The SMILES string of the molecule is CC1CCc2c(sc(NC(=O)CN3C(=O)c4ccccc4C3=O)c2C(N)=O)C1. The molecule has 8 heteroatoms. The molecule has 1 aromatic heterocycles. The van der Waals surface area contributed by atoms with Crippen LogP contribution in [0.15, 0.2) is 24.3 Å². The lowest BCUT2D eigenvalue weighted by Gasteiger charge is -2.18. The van der Waals surface area contributed by atoms with Crippen LogP contribution in [0.5, 0.6) is 0 Å². The van der Waals surface area contributed by atoms with Gasteiger partial charge in [0.25, 0.3) is 17.7 Å². The van der Waals surface area contributed by atoms with E-state index in [0.717, 1.165) is 34.6 Å². The molecule has 2 aliphatic rings. The average Bonchev–Trinajstić information content (AvgIpc) is 3.12. The van der Waals surface area contributed by atoms with Gasteiger partial charge in [-0.15, -0.1) is 11.3 Å². The third kappa shape index (κ3) is 2.99. The second-order valence-electron chi connectivity index (χ2n) is 7.21. The number of amides is 4. The maximum Gasteiger partial charge on any atom is 0.262 e. The molecule has 0 saturated carbocycles. The van der Waals surface area contributed by atoms with Gasteiger partial charge in [0.2, 0.25) is 5.91 Å². The van der Waals surface area contributed by atoms with E-state index in [-0.39, 0.29) is 0 Å². The van der Waals surface area contributed by atoms with Gasteiger partial charge >= 0.3 is 0 Å². The number of benzene rings is 1. The first kappa shape index (κ1) is 18.4. The first-order chi connectivity index (χ1) is 13.4. The first-order valence-corrected chi connectivity index (χ1v) is 9.88. The van der Waals surface area contributed by atoms with Crippen molar-refractivity contribution < 1.29 is 19.2 Å². The maximum atomic E-state index is 12.6. The number of carbonyl (C=O) groups excluding carboxylic acids is 4. The molecule has 1 aliphatic carbocycles. The molecule has 2 aromatic rings. The van der Waals surface area contributed by atoms with Crippen molar-refractivity contribution in [2.24, 2.45) is 11.7 Å². The second kappa shape index (κ2) is 6.87. The van der Waals surface area contributed by atoms with Crippen molar-refractivity contribution in [2.75, 3.05) is 11.9 Å². The van der Waals surface area contributed by atoms with Crippen molar-refractivity contribution in [2.45, 2.75) is 26.2 Å². The van der Waals surface area contributed by atoms with E-state index in [2.05, 4.69) is 12.2 Å². The molecule has 4 amide bonds. The van der Waals surface area contributed by atoms with Crippen LogP contribution in [0.3, 0.4) is 0 Å². The lowest BCUT2D eigenvalue weighted by molar-refractivity contribution is -0.116. The van der Waals surface area contributed by atoms with Crippen LogP contribution in [0, 0.1) is 5.92 Å². The molecule has 0 saturated heterocycles. The molecule has 1 atom stereocenters. The molecule has 0 spiro atoms. The number of rotatable bonds is 4. The summed E-state index contributed by atoms with van der Waals surface area (Å²) in [5.41, 5.74) is 7.40. The van der Waals surface area contributed by atoms with Crippen LogP contribution in [0.4, 0.5) is 5.00 Å². The normalized spacial score (nSPS) is 18.0. The number of imide groups is 1. The Morgan fingerprint density at radius 1 is 1.21 bits per heavy atom. The molecule has 144 valence electrons. The summed E-state index contributed by atoms with van der Waals surface area (Å²) >= 11 is 1.35.